The van der Waals surface area contributed by atoms with Gasteiger partial charge in [0.15, 0.2) is 0 Å². The lowest BCUT2D eigenvalue weighted by atomic mass is 10.1. The van der Waals surface area contributed by atoms with E-state index in [1.54, 1.807) is 0 Å². The molecule has 0 spiro atoms. The molecule has 0 fully saturated rings. The van der Waals surface area contributed by atoms with Crippen molar-refractivity contribution in [3.05, 3.63) is 12.2 Å². The smallest absolute Gasteiger partial charge is 0.328 e. The molecule has 5 heteroatoms. The zero-order valence-corrected chi connectivity index (χ0v) is 16.3. The molecule has 4 nitrogen and oxygen atoms in total. The van der Waals surface area contributed by atoms with E-state index in [0.29, 0.717) is 0 Å². The normalized spacial score (nSPS) is 12.0. The van der Waals surface area contributed by atoms with Crippen LogP contribution >= 0.6 is 0 Å². The number of carboxylic acids is 1. The van der Waals surface area contributed by atoms with Crippen LogP contribution in [0.25, 0.3) is 0 Å². The molecule has 1 N–H and O–H groups in total. The summed E-state index contributed by atoms with van der Waals surface area (Å²) in [6.07, 6.45) is 8.70. The van der Waals surface area contributed by atoms with Gasteiger partial charge in [-0.15, -0.1) is 0 Å². The summed E-state index contributed by atoms with van der Waals surface area (Å²) >= 11 is 0. The summed E-state index contributed by atoms with van der Waals surface area (Å²) in [6, 6.07) is 2.94. The predicted octanol–water partition coefficient (Wildman–Crippen LogP) is 5.15. The van der Waals surface area contributed by atoms with E-state index in [-0.39, 0.29) is 0 Å². The number of carbonyl (C=O) groups is 2. The van der Waals surface area contributed by atoms with Crippen LogP contribution in [0.5, 0.6) is 0 Å². The van der Waals surface area contributed by atoms with Crippen molar-refractivity contribution < 1.29 is 19.1 Å². The molecule has 0 bridgehead atoms. The Bertz CT molecular complexity index is 371. The number of rotatable bonds is 13. The Kier molecular flexibility index (Phi) is 11.7. The zero-order valence-electron chi connectivity index (χ0n) is 15.3. The molecule has 0 saturated carbocycles. The lowest BCUT2D eigenvalue weighted by Gasteiger charge is -2.30. The van der Waals surface area contributed by atoms with Gasteiger partial charge in [0.2, 0.25) is 0 Å². The molecule has 0 heterocycles. The number of carboxylic acid groups (broad SMARTS) is 1. The first kappa shape index (κ1) is 21.9. The Morgan fingerprint density at radius 1 is 1.00 bits per heavy atom. The summed E-state index contributed by atoms with van der Waals surface area (Å²) < 4.78 is 5.85. The summed E-state index contributed by atoms with van der Waals surface area (Å²) in [6.45, 7) is 8.72. The molecule has 0 radical (unpaired) electrons. The fourth-order valence-corrected chi connectivity index (χ4v) is 7.27. The van der Waals surface area contributed by atoms with Crippen LogP contribution in [0.15, 0.2) is 12.2 Å². The van der Waals surface area contributed by atoms with Gasteiger partial charge in [0, 0.05) is 12.2 Å². The minimum Gasteiger partial charge on any atom is -0.516 e. The molecule has 0 rings (SSSR count). The Labute approximate surface area is 142 Å². The lowest BCUT2D eigenvalue weighted by molar-refractivity contribution is -0.133. The average molecular weight is 343 g/mol. The van der Waals surface area contributed by atoms with Crippen LogP contribution in [0.2, 0.25) is 18.1 Å². The molecule has 0 atom stereocenters. The third-order valence-corrected chi connectivity index (χ3v) is 8.73. The first-order valence-electron chi connectivity index (χ1n) is 8.99. The van der Waals surface area contributed by atoms with Crippen molar-refractivity contribution in [3.8, 4) is 0 Å². The molecular formula is C18H34O4Si. The minimum absolute atomic E-state index is 0.483. The van der Waals surface area contributed by atoms with Gasteiger partial charge < -0.3 is 9.53 Å². The van der Waals surface area contributed by atoms with Crippen LogP contribution in [0, 0.1) is 5.92 Å². The van der Waals surface area contributed by atoms with Gasteiger partial charge in [-0.25, -0.2) is 9.59 Å². The fraction of sp³-hybridized carbons (Fsp3) is 0.778. The standard InChI is InChI=1S/C18H34O4Si/c1-5-13-23(14-6-2,15-9-7-8-10-16(3)4)22-18(21)12-11-17(19)20/h11-12,16H,5-10,13-15H2,1-4H3,(H,19,20)/b12-11-. The first-order chi connectivity index (χ1) is 10.8. The molecule has 0 aromatic carbocycles. The van der Waals surface area contributed by atoms with Crippen molar-refractivity contribution >= 4 is 20.3 Å². The summed E-state index contributed by atoms with van der Waals surface area (Å²) in [5, 5.41) is 8.63. The third kappa shape index (κ3) is 11.1. The molecule has 0 aliphatic carbocycles. The second-order valence-corrected chi connectivity index (χ2v) is 10.8. The molecule has 0 aromatic rings. The number of aliphatic carboxylic acids is 1. The summed E-state index contributed by atoms with van der Waals surface area (Å²) in [5.41, 5.74) is 0. The highest BCUT2D eigenvalue weighted by Crippen LogP contribution is 2.29. The topological polar surface area (TPSA) is 63.6 Å². The van der Waals surface area contributed by atoms with Gasteiger partial charge in [-0.05, 0) is 24.1 Å². The van der Waals surface area contributed by atoms with E-state index >= 15 is 0 Å². The Morgan fingerprint density at radius 2 is 1.61 bits per heavy atom. The van der Waals surface area contributed by atoms with Crippen LogP contribution < -0.4 is 0 Å². The van der Waals surface area contributed by atoms with Gasteiger partial charge in [-0.3, -0.25) is 0 Å². The van der Waals surface area contributed by atoms with Gasteiger partial charge in [-0.1, -0.05) is 66.2 Å². The predicted molar refractivity (Wildman–Crippen MR) is 96.9 cm³/mol. The molecule has 23 heavy (non-hydrogen) atoms. The fourth-order valence-electron chi connectivity index (χ4n) is 3.00. The highest BCUT2D eigenvalue weighted by atomic mass is 28.4. The van der Waals surface area contributed by atoms with E-state index in [2.05, 4.69) is 27.7 Å². The second-order valence-electron chi connectivity index (χ2n) is 6.77. The van der Waals surface area contributed by atoms with Crippen LogP contribution in [-0.4, -0.2) is 25.4 Å². The molecule has 0 unspecified atom stereocenters. The summed E-state index contributed by atoms with van der Waals surface area (Å²) in [5.74, 6) is -0.862. The van der Waals surface area contributed by atoms with E-state index < -0.39 is 20.3 Å². The number of hydrogen-bond donors (Lipinski definition) is 1. The highest BCUT2D eigenvalue weighted by Gasteiger charge is 2.35. The van der Waals surface area contributed by atoms with E-state index in [1.807, 2.05) is 0 Å². The number of carbonyl (C=O) groups excluding carboxylic acids is 1. The molecule has 0 saturated heterocycles. The van der Waals surface area contributed by atoms with Crippen molar-refractivity contribution in [2.24, 2.45) is 5.92 Å². The number of unbranched alkanes of at least 4 members (excludes halogenated alkanes) is 2. The molecule has 0 aliphatic heterocycles. The maximum Gasteiger partial charge on any atom is 0.328 e. The van der Waals surface area contributed by atoms with Crippen LogP contribution in [0.4, 0.5) is 0 Å². The summed E-state index contributed by atoms with van der Waals surface area (Å²) in [7, 11) is -2.10. The quantitative estimate of drug-likeness (QED) is 0.285. The van der Waals surface area contributed by atoms with E-state index in [9.17, 15) is 9.59 Å². The Hall–Kier alpha value is -1.10. The Balaban J connectivity index is 4.66. The summed E-state index contributed by atoms with van der Waals surface area (Å²) in [4.78, 5) is 22.5. The van der Waals surface area contributed by atoms with Crippen molar-refractivity contribution in [1.29, 1.82) is 0 Å². The van der Waals surface area contributed by atoms with Crippen LogP contribution in [-0.2, 0) is 14.0 Å². The lowest BCUT2D eigenvalue weighted by Crippen LogP contribution is -2.39. The second kappa shape index (κ2) is 12.3. The minimum atomic E-state index is -2.10. The zero-order chi connectivity index (χ0) is 17.7. The van der Waals surface area contributed by atoms with Crippen molar-refractivity contribution in [3.63, 3.8) is 0 Å². The average Bonchev–Trinajstić information content (AvgIpc) is 2.45. The maximum absolute atomic E-state index is 12.0. The first-order valence-corrected chi connectivity index (χ1v) is 11.5. The molecule has 0 amide bonds. The van der Waals surface area contributed by atoms with E-state index in [0.717, 1.165) is 55.5 Å². The van der Waals surface area contributed by atoms with Gasteiger partial charge in [0.25, 0.3) is 8.32 Å². The maximum atomic E-state index is 12.0. The van der Waals surface area contributed by atoms with Crippen molar-refractivity contribution in [1.82, 2.24) is 0 Å². The van der Waals surface area contributed by atoms with E-state index in [4.69, 9.17) is 9.53 Å². The monoisotopic (exact) mass is 342 g/mol. The van der Waals surface area contributed by atoms with E-state index in [1.165, 1.54) is 19.3 Å². The van der Waals surface area contributed by atoms with Gasteiger partial charge in [0.1, 0.15) is 0 Å². The largest absolute Gasteiger partial charge is 0.516 e. The highest BCUT2D eigenvalue weighted by molar-refractivity contribution is 6.75. The molecular weight excluding hydrogens is 308 g/mol. The number of hydrogen-bond acceptors (Lipinski definition) is 3. The van der Waals surface area contributed by atoms with Gasteiger partial charge >= 0.3 is 11.9 Å². The van der Waals surface area contributed by atoms with Crippen LogP contribution in [0.3, 0.4) is 0 Å². The van der Waals surface area contributed by atoms with Crippen molar-refractivity contribution in [2.75, 3.05) is 0 Å². The molecule has 134 valence electrons. The van der Waals surface area contributed by atoms with Gasteiger partial charge in [0.05, 0.1) is 0 Å². The van der Waals surface area contributed by atoms with Crippen molar-refractivity contribution in [2.45, 2.75) is 84.4 Å². The van der Waals surface area contributed by atoms with Gasteiger partial charge in [-0.2, -0.15) is 0 Å². The third-order valence-electron chi connectivity index (χ3n) is 4.00. The molecule has 0 aromatic heterocycles. The molecule has 0 aliphatic rings. The Morgan fingerprint density at radius 3 is 2.09 bits per heavy atom. The van der Waals surface area contributed by atoms with Crippen LogP contribution in [0.1, 0.15) is 66.2 Å². The SMILES string of the molecule is CCC[Si](CCC)(CCCCCC(C)C)OC(=O)/C=C\C(=O)O.